The Bertz CT molecular complexity index is 112. The Balaban J connectivity index is 0. The molecule has 0 aliphatic heterocycles. The lowest BCUT2D eigenvalue weighted by Crippen LogP contribution is -2.21. The summed E-state index contributed by atoms with van der Waals surface area (Å²) < 4.78 is 0. The second-order valence-corrected chi connectivity index (χ2v) is 1.11. The van der Waals surface area contributed by atoms with Gasteiger partial charge in [-0.25, -0.2) is 5.48 Å². The van der Waals surface area contributed by atoms with Gasteiger partial charge >= 0.3 is 5.97 Å². The zero-order valence-corrected chi connectivity index (χ0v) is 4.63. The summed E-state index contributed by atoms with van der Waals surface area (Å²) in [5.74, 6) is -2.19. The second kappa shape index (κ2) is 5.01. The van der Waals surface area contributed by atoms with Gasteiger partial charge in [0.2, 0.25) is 0 Å². The van der Waals surface area contributed by atoms with Crippen molar-refractivity contribution >= 4 is 11.9 Å². The zero-order chi connectivity index (χ0) is 6.57. The lowest BCUT2D eigenvalue weighted by Gasteiger charge is -1.89. The number of aliphatic carboxylic acids is 1. The molecule has 0 spiro atoms. The van der Waals surface area contributed by atoms with Crippen molar-refractivity contribution in [2.75, 3.05) is 0 Å². The molecule has 6 N–H and O–H groups in total. The van der Waals surface area contributed by atoms with Crippen LogP contribution >= 0.6 is 0 Å². The number of amides is 1. The minimum absolute atomic E-state index is 0. The van der Waals surface area contributed by atoms with Gasteiger partial charge in [0, 0.05) is 0 Å². The Labute approximate surface area is 51.0 Å². The molecule has 6 heteroatoms. The van der Waals surface area contributed by atoms with Gasteiger partial charge in [-0.05, 0) is 0 Å². The van der Waals surface area contributed by atoms with Crippen LogP contribution in [0, 0.1) is 0 Å². The van der Waals surface area contributed by atoms with Crippen molar-refractivity contribution in [3.8, 4) is 0 Å². The summed E-state index contributed by atoms with van der Waals surface area (Å²) in [5, 5.41) is 15.6. The van der Waals surface area contributed by atoms with Gasteiger partial charge in [0.25, 0.3) is 5.91 Å². The topological polar surface area (TPSA) is 122 Å². The summed E-state index contributed by atoms with van der Waals surface area (Å²) in [7, 11) is 0. The van der Waals surface area contributed by atoms with Gasteiger partial charge in [-0.3, -0.25) is 14.8 Å². The summed E-state index contributed by atoms with van der Waals surface area (Å²) >= 11 is 0. The number of carboxylic acids is 1. The first-order valence-electron chi connectivity index (χ1n) is 1.81. The molecule has 0 fully saturated rings. The van der Waals surface area contributed by atoms with Gasteiger partial charge in [-0.15, -0.1) is 0 Å². The molecule has 0 rings (SSSR count). The van der Waals surface area contributed by atoms with Crippen molar-refractivity contribution in [3.05, 3.63) is 0 Å². The van der Waals surface area contributed by atoms with E-state index < -0.39 is 18.3 Å². The van der Waals surface area contributed by atoms with Gasteiger partial charge in [-0.2, -0.15) is 0 Å². The second-order valence-electron chi connectivity index (χ2n) is 1.11. The fourth-order valence-electron chi connectivity index (χ4n) is 0.177. The molecule has 0 unspecified atom stereocenters. The van der Waals surface area contributed by atoms with E-state index in [4.69, 9.17) is 10.3 Å². The predicted molar refractivity (Wildman–Crippen MR) is 27.2 cm³/mol. The molecular formula is C3H8N2O4. The highest BCUT2D eigenvalue weighted by Gasteiger charge is 2.03. The number of carboxylic acid groups (broad SMARTS) is 1. The molecule has 0 radical (unpaired) electrons. The molecular weight excluding hydrogens is 128 g/mol. The average molecular weight is 136 g/mol. The first-order chi connectivity index (χ1) is 3.66. The minimum Gasteiger partial charge on any atom is -0.481 e. The van der Waals surface area contributed by atoms with Crippen molar-refractivity contribution in [1.82, 2.24) is 11.6 Å². The number of hydrogen-bond donors (Lipinski definition) is 4. The molecule has 0 heterocycles. The number of rotatable bonds is 2. The SMILES string of the molecule is N.O=C(O)CC(=O)NO. The van der Waals surface area contributed by atoms with Crippen LogP contribution in [0.4, 0.5) is 0 Å². The van der Waals surface area contributed by atoms with Crippen LogP contribution in [-0.2, 0) is 9.59 Å². The Hall–Kier alpha value is -1.14. The largest absolute Gasteiger partial charge is 0.481 e. The van der Waals surface area contributed by atoms with E-state index in [1.54, 1.807) is 0 Å². The van der Waals surface area contributed by atoms with E-state index >= 15 is 0 Å². The summed E-state index contributed by atoms with van der Waals surface area (Å²) in [6, 6.07) is 0. The quantitative estimate of drug-likeness (QED) is 0.223. The van der Waals surface area contributed by atoms with Gasteiger partial charge in [-0.1, -0.05) is 0 Å². The predicted octanol–water partition coefficient (Wildman–Crippen LogP) is -0.872. The van der Waals surface area contributed by atoms with Crippen LogP contribution in [0.3, 0.4) is 0 Å². The molecule has 0 bridgehead atoms. The highest BCUT2D eigenvalue weighted by Crippen LogP contribution is 1.74. The van der Waals surface area contributed by atoms with Gasteiger partial charge in [0.1, 0.15) is 6.42 Å². The third-order valence-corrected chi connectivity index (χ3v) is 0.436. The molecule has 0 saturated carbocycles. The van der Waals surface area contributed by atoms with Crippen LogP contribution in [0.15, 0.2) is 0 Å². The molecule has 1 amide bonds. The molecule has 0 atom stereocenters. The molecule has 0 aromatic carbocycles. The maximum atomic E-state index is 9.88. The molecule has 54 valence electrons. The van der Waals surface area contributed by atoms with Crippen molar-refractivity contribution in [1.29, 1.82) is 0 Å². The maximum absolute atomic E-state index is 9.88. The maximum Gasteiger partial charge on any atom is 0.312 e. The standard InChI is InChI=1S/C3H5NO4.H3N/c5-2(4-8)1-3(6)7;/h8H,1H2,(H,4,5)(H,6,7);1H3. The highest BCUT2D eigenvalue weighted by molar-refractivity contribution is 5.92. The first-order valence-corrected chi connectivity index (χ1v) is 1.81. The minimum atomic E-state index is -1.27. The van der Waals surface area contributed by atoms with E-state index in [2.05, 4.69) is 0 Å². The lowest BCUT2D eigenvalue weighted by molar-refractivity contribution is -0.143. The van der Waals surface area contributed by atoms with E-state index in [9.17, 15) is 9.59 Å². The number of hydrogen-bond acceptors (Lipinski definition) is 4. The van der Waals surface area contributed by atoms with E-state index in [0.717, 1.165) is 0 Å². The Morgan fingerprint density at radius 3 is 2.00 bits per heavy atom. The van der Waals surface area contributed by atoms with E-state index in [-0.39, 0.29) is 6.15 Å². The van der Waals surface area contributed by atoms with E-state index in [0.29, 0.717) is 0 Å². The molecule has 0 aromatic rings. The van der Waals surface area contributed by atoms with Crippen molar-refractivity contribution < 1.29 is 19.9 Å². The van der Waals surface area contributed by atoms with E-state index in [1.807, 2.05) is 0 Å². The zero-order valence-electron chi connectivity index (χ0n) is 4.63. The van der Waals surface area contributed by atoms with Crippen molar-refractivity contribution in [2.45, 2.75) is 6.42 Å². The summed E-state index contributed by atoms with van der Waals surface area (Å²) in [4.78, 5) is 19.5. The van der Waals surface area contributed by atoms with Crippen molar-refractivity contribution in [3.63, 3.8) is 0 Å². The number of hydroxylamine groups is 1. The fraction of sp³-hybridized carbons (Fsp3) is 0.333. The molecule has 6 nitrogen and oxygen atoms in total. The summed E-state index contributed by atoms with van der Waals surface area (Å²) in [6.45, 7) is 0. The molecule has 0 aliphatic carbocycles. The lowest BCUT2D eigenvalue weighted by atomic mass is 10.4. The van der Waals surface area contributed by atoms with Crippen molar-refractivity contribution in [2.24, 2.45) is 0 Å². The highest BCUT2D eigenvalue weighted by atomic mass is 16.5. The van der Waals surface area contributed by atoms with Crippen LogP contribution in [-0.4, -0.2) is 22.2 Å². The molecule has 0 aromatic heterocycles. The average Bonchev–Trinajstić information content (AvgIpc) is 1.65. The Morgan fingerprint density at radius 2 is 1.89 bits per heavy atom. The van der Waals surface area contributed by atoms with Crippen LogP contribution in [0.5, 0.6) is 0 Å². The van der Waals surface area contributed by atoms with Gasteiger partial charge in [0.15, 0.2) is 0 Å². The van der Waals surface area contributed by atoms with Crippen LogP contribution < -0.4 is 11.6 Å². The summed E-state index contributed by atoms with van der Waals surface area (Å²) in [5.41, 5.74) is 1.18. The number of carbonyl (C=O) groups excluding carboxylic acids is 1. The van der Waals surface area contributed by atoms with Crippen LogP contribution in [0.2, 0.25) is 0 Å². The van der Waals surface area contributed by atoms with E-state index in [1.165, 1.54) is 5.48 Å². The van der Waals surface area contributed by atoms with Gasteiger partial charge < -0.3 is 11.3 Å². The Morgan fingerprint density at radius 1 is 1.44 bits per heavy atom. The third kappa shape index (κ3) is 6.86. The third-order valence-electron chi connectivity index (χ3n) is 0.436. The fourth-order valence-corrected chi connectivity index (χ4v) is 0.177. The monoisotopic (exact) mass is 136 g/mol. The normalized spacial score (nSPS) is 7.22. The Kier molecular flexibility index (Phi) is 5.99. The number of carbonyl (C=O) groups is 2. The molecule has 0 aliphatic rings. The summed E-state index contributed by atoms with van der Waals surface area (Å²) in [6.07, 6.45) is -0.698. The van der Waals surface area contributed by atoms with Gasteiger partial charge in [0.05, 0.1) is 0 Å². The van der Waals surface area contributed by atoms with Crippen LogP contribution in [0.1, 0.15) is 6.42 Å². The number of nitrogens with one attached hydrogen (secondary N) is 1. The van der Waals surface area contributed by atoms with Crippen LogP contribution in [0.25, 0.3) is 0 Å². The molecule has 9 heavy (non-hydrogen) atoms. The smallest absolute Gasteiger partial charge is 0.312 e. The molecule has 0 saturated heterocycles. The first kappa shape index (κ1) is 10.8.